The van der Waals surface area contributed by atoms with Crippen molar-refractivity contribution in [3.05, 3.63) is 50.4 Å². The van der Waals surface area contributed by atoms with Gasteiger partial charge in [-0.1, -0.05) is 64.6 Å². The standard InChI is InChI=1S/C12H5Cl5O2/c13-7-8(14)10(16)12(19-17)11(9(7)15)18-6-4-2-1-3-5-6/h1-5H. The van der Waals surface area contributed by atoms with Crippen LogP contribution in [0, 0.1) is 0 Å². The predicted octanol–water partition coefficient (Wildman–Crippen LogP) is 6.63. The Morgan fingerprint density at radius 2 is 1.21 bits per heavy atom. The zero-order valence-corrected chi connectivity index (χ0v) is 12.9. The Morgan fingerprint density at radius 3 is 1.74 bits per heavy atom. The number of ether oxygens (including phenoxy) is 1. The second kappa shape index (κ2) is 6.29. The molecule has 0 unspecified atom stereocenters. The fraction of sp³-hybridized carbons (Fsp3) is 0. The molecule has 0 fully saturated rings. The maximum absolute atomic E-state index is 6.07. The summed E-state index contributed by atoms with van der Waals surface area (Å²) in [6.45, 7) is 0. The van der Waals surface area contributed by atoms with Crippen LogP contribution < -0.4 is 9.03 Å². The topological polar surface area (TPSA) is 18.5 Å². The molecule has 2 aromatic carbocycles. The highest BCUT2D eigenvalue weighted by molar-refractivity contribution is 6.53. The third-order valence-electron chi connectivity index (χ3n) is 2.22. The molecule has 0 amide bonds. The average Bonchev–Trinajstić information content (AvgIpc) is 2.44. The van der Waals surface area contributed by atoms with Crippen molar-refractivity contribution in [3.8, 4) is 17.2 Å². The minimum Gasteiger partial charge on any atom is -0.452 e. The minimum atomic E-state index is 0.00610. The summed E-state index contributed by atoms with van der Waals surface area (Å²) in [5, 5.41) is 0.202. The zero-order valence-electron chi connectivity index (χ0n) is 9.09. The molecule has 2 aromatic rings. The molecule has 7 heteroatoms. The molecule has 0 atom stereocenters. The molecular weight excluding hydrogens is 353 g/mol. The van der Waals surface area contributed by atoms with Crippen molar-refractivity contribution in [1.82, 2.24) is 0 Å². The summed E-state index contributed by atoms with van der Waals surface area (Å²) in [5.41, 5.74) is 0. The molecule has 0 saturated carbocycles. The number of halogens is 5. The maximum Gasteiger partial charge on any atom is 0.210 e. The molecule has 2 rings (SSSR count). The van der Waals surface area contributed by atoms with E-state index in [1.165, 1.54) is 0 Å². The molecule has 0 aliphatic heterocycles. The third-order valence-corrected chi connectivity index (χ3v) is 4.14. The zero-order chi connectivity index (χ0) is 14.0. The van der Waals surface area contributed by atoms with Gasteiger partial charge in [0.15, 0.2) is 5.75 Å². The van der Waals surface area contributed by atoms with E-state index in [9.17, 15) is 0 Å². The van der Waals surface area contributed by atoms with Crippen molar-refractivity contribution in [2.45, 2.75) is 0 Å². The molecule has 0 radical (unpaired) electrons. The normalized spacial score (nSPS) is 10.4. The van der Waals surface area contributed by atoms with Crippen LogP contribution in [-0.4, -0.2) is 0 Å². The van der Waals surface area contributed by atoms with Crippen LogP contribution in [0.5, 0.6) is 17.2 Å². The van der Waals surface area contributed by atoms with E-state index in [0.29, 0.717) is 5.75 Å². The highest BCUT2D eigenvalue weighted by Crippen LogP contribution is 2.51. The van der Waals surface area contributed by atoms with Crippen LogP contribution in [0.4, 0.5) is 0 Å². The number of hydrogen-bond acceptors (Lipinski definition) is 2. The van der Waals surface area contributed by atoms with E-state index in [1.807, 2.05) is 6.07 Å². The second-order valence-corrected chi connectivity index (χ2v) is 5.07. The first-order valence-corrected chi connectivity index (χ1v) is 6.75. The van der Waals surface area contributed by atoms with E-state index in [4.69, 9.17) is 63.0 Å². The predicted molar refractivity (Wildman–Crippen MR) is 79.5 cm³/mol. The highest BCUT2D eigenvalue weighted by Gasteiger charge is 2.23. The van der Waals surface area contributed by atoms with Gasteiger partial charge in [0.05, 0.1) is 10.0 Å². The lowest BCUT2D eigenvalue weighted by Crippen LogP contribution is -1.91. The van der Waals surface area contributed by atoms with Gasteiger partial charge in [0.1, 0.15) is 27.7 Å². The van der Waals surface area contributed by atoms with Gasteiger partial charge in [-0.25, -0.2) is 0 Å². The Morgan fingerprint density at radius 1 is 0.684 bits per heavy atom. The van der Waals surface area contributed by atoms with Crippen molar-refractivity contribution in [2.75, 3.05) is 0 Å². The molecule has 0 N–H and O–H groups in total. The Balaban J connectivity index is 2.56. The average molecular weight is 358 g/mol. The van der Waals surface area contributed by atoms with Crippen LogP contribution in [0.25, 0.3) is 0 Å². The van der Waals surface area contributed by atoms with E-state index < -0.39 is 0 Å². The van der Waals surface area contributed by atoms with E-state index in [0.717, 1.165) is 0 Å². The van der Waals surface area contributed by atoms with Crippen molar-refractivity contribution >= 4 is 58.3 Å². The Labute approximate surface area is 134 Å². The summed E-state index contributed by atoms with van der Waals surface area (Å²) in [6, 6.07) is 8.89. The van der Waals surface area contributed by atoms with Crippen molar-refractivity contribution < 1.29 is 9.03 Å². The molecule has 100 valence electrons. The van der Waals surface area contributed by atoms with Crippen LogP contribution in [0.15, 0.2) is 30.3 Å². The van der Waals surface area contributed by atoms with Crippen LogP contribution in [0.2, 0.25) is 20.1 Å². The lowest BCUT2D eigenvalue weighted by Gasteiger charge is -2.14. The van der Waals surface area contributed by atoms with Crippen molar-refractivity contribution in [3.63, 3.8) is 0 Å². The molecule has 0 aromatic heterocycles. The Hall–Kier alpha value is -0.510. The van der Waals surface area contributed by atoms with Gasteiger partial charge < -0.3 is 9.03 Å². The first kappa shape index (κ1) is 14.9. The summed E-state index contributed by atoms with van der Waals surface area (Å²) in [4.78, 5) is 0. The fourth-order valence-electron chi connectivity index (χ4n) is 1.36. The molecule has 0 aliphatic carbocycles. The van der Waals surface area contributed by atoms with Crippen LogP contribution >= 0.6 is 58.3 Å². The number of para-hydroxylation sites is 1. The Bertz CT molecular complexity index is 601. The molecular formula is C12H5Cl5O2. The molecule has 2 nitrogen and oxygen atoms in total. The summed E-state index contributed by atoms with van der Waals surface area (Å²) in [6.07, 6.45) is 0. The first-order chi connectivity index (χ1) is 9.06. The molecule has 0 bridgehead atoms. The molecule has 0 saturated heterocycles. The van der Waals surface area contributed by atoms with Gasteiger partial charge >= 0.3 is 0 Å². The summed E-state index contributed by atoms with van der Waals surface area (Å²) in [5.74, 6) is 0.627. The molecule has 0 spiro atoms. The third kappa shape index (κ3) is 2.99. The van der Waals surface area contributed by atoms with Crippen molar-refractivity contribution in [2.24, 2.45) is 0 Å². The summed E-state index contributed by atoms with van der Waals surface area (Å²) >= 11 is 29.3. The van der Waals surface area contributed by atoms with Gasteiger partial charge in [0.25, 0.3) is 0 Å². The quantitative estimate of drug-likeness (QED) is 0.453. The smallest absolute Gasteiger partial charge is 0.210 e. The van der Waals surface area contributed by atoms with Gasteiger partial charge in [0.2, 0.25) is 5.75 Å². The number of rotatable bonds is 3. The van der Waals surface area contributed by atoms with Crippen LogP contribution in [0.3, 0.4) is 0 Å². The van der Waals surface area contributed by atoms with Crippen LogP contribution in [0.1, 0.15) is 0 Å². The molecule has 19 heavy (non-hydrogen) atoms. The number of benzene rings is 2. The second-order valence-electron chi connectivity index (χ2n) is 3.41. The lowest BCUT2D eigenvalue weighted by atomic mass is 10.3. The van der Waals surface area contributed by atoms with E-state index in [-0.39, 0.29) is 31.6 Å². The SMILES string of the molecule is ClOc1c(Cl)c(Cl)c(Cl)c(Cl)c1Oc1ccccc1. The van der Waals surface area contributed by atoms with Crippen molar-refractivity contribution in [1.29, 1.82) is 0 Å². The first-order valence-electron chi connectivity index (χ1n) is 4.93. The molecule has 0 aliphatic rings. The van der Waals surface area contributed by atoms with E-state index in [1.54, 1.807) is 24.3 Å². The number of hydrogen-bond donors (Lipinski definition) is 0. The largest absolute Gasteiger partial charge is 0.452 e. The summed E-state index contributed by atoms with van der Waals surface area (Å²) in [7, 11) is 0. The van der Waals surface area contributed by atoms with Crippen LogP contribution in [-0.2, 0) is 0 Å². The van der Waals surface area contributed by atoms with Gasteiger partial charge in [-0.05, 0) is 12.1 Å². The van der Waals surface area contributed by atoms with E-state index in [2.05, 4.69) is 4.29 Å². The molecule has 0 heterocycles. The van der Waals surface area contributed by atoms with Gasteiger partial charge in [0, 0.05) is 0 Å². The highest BCUT2D eigenvalue weighted by atomic mass is 35.5. The van der Waals surface area contributed by atoms with E-state index >= 15 is 0 Å². The Kier molecular flexibility index (Phi) is 4.93. The van der Waals surface area contributed by atoms with Gasteiger partial charge in [-0.2, -0.15) is 0 Å². The minimum absolute atomic E-state index is 0.00610. The van der Waals surface area contributed by atoms with Gasteiger partial charge in [-0.3, -0.25) is 0 Å². The van der Waals surface area contributed by atoms with Gasteiger partial charge in [-0.15, -0.1) is 0 Å². The fourth-order valence-corrected chi connectivity index (χ4v) is 2.44. The lowest BCUT2D eigenvalue weighted by molar-refractivity contribution is 0.456. The summed E-state index contributed by atoms with van der Waals surface area (Å²) < 4.78 is 10.2. The monoisotopic (exact) mass is 356 g/mol. The maximum atomic E-state index is 6.07.